The normalized spacial score (nSPS) is 20.0. The summed E-state index contributed by atoms with van der Waals surface area (Å²) in [5.74, 6) is 0.920. The maximum Gasteiger partial charge on any atom is 0.341 e. The number of ether oxygens (including phenoxy) is 2. The van der Waals surface area contributed by atoms with Gasteiger partial charge in [0.15, 0.2) is 0 Å². The number of carbonyl (C=O) groups excluding carboxylic acids is 1. The minimum absolute atomic E-state index is 0.0390. The monoisotopic (exact) mass is 182 g/mol. The molecule has 0 aliphatic carbocycles. The summed E-state index contributed by atoms with van der Waals surface area (Å²) in [5.41, 5.74) is 0.480. The fourth-order valence-corrected chi connectivity index (χ4v) is 1.19. The zero-order chi connectivity index (χ0) is 9.42. The van der Waals surface area contributed by atoms with Gasteiger partial charge in [0.1, 0.15) is 23.2 Å². The van der Waals surface area contributed by atoms with E-state index in [0.29, 0.717) is 23.7 Å². The van der Waals surface area contributed by atoms with E-state index in [0.717, 1.165) is 0 Å². The molecule has 1 aromatic rings. The van der Waals surface area contributed by atoms with Crippen molar-refractivity contribution in [2.75, 3.05) is 13.7 Å². The Labute approximate surface area is 75.4 Å². The summed E-state index contributed by atoms with van der Waals surface area (Å²) in [6, 6.07) is 1.68. The number of carbonyl (C=O) groups is 1. The lowest BCUT2D eigenvalue weighted by Gasteiger charge is -1.93. The van der Waals surface area contributed by atoms with Gasteiger partial charge in [-0.3, -0.25) is 0 Å². The van der Waals surface area contributed by atoms with Gasteiger partial charge in [-0.1, -0.05) is 0 Å². The molecule has 1 saturated heterocycles. The van der Waals surface area contributed by atoms with E-state index < -0.39 is 0 Å². The highest BCUT2D eigenvalue weighted by Crippen LogP contribution is 2.32. The summed E-state index contributed by atoms with van der Waals surface area (Å²) >= 11 is 0. The SMILES string of the molecule is COC(=O)c1cc(C2CO2)oc1C. The molecule has 70 valence electrons. The summed E-state index contributed by atoms with van der Waals surface area (Å²) in [4.78, 5) is 11.2. The van der Waals surface area contributed by atoms with Crippen LogP contribution in [-0.4, -0.2) is 19.7 Å². The summed E-state index contributed by atoms with van der Waals surface area (Å²) in [5, 5.41) is 0. The molecular formula is C9H10O4. The van der Waals surface area contributed by atoms with E-state index in [-0.39, 0.29) is 12.1 Å². The number of esters is 1. The maximum atomic E-state index is 11.2. The Hall–Kier alpha value is -1.29. The number of hydrogen-bond donors (Lipinski definition) is 0. The predicted octanol–water partition coefficient (Wildman–Crippen LogP) is 1.45. The number of aryl methyl sites for hydroxylation is 1. The topological polar surface area (TPSA) is 52.0 Å². The molecule has 0 bridgehead atoms. The first kappa shape index (κ1) is 8.31. The second kappa shape index (κ2) is 2.88. The van der Waals surface area contributed by atoms with Gasteiger partial charge in [0.25, 0.3) is 0 Å². The van der Waals surface area contributed by atoms with Crippen molar-refractivity contribution in [2.24, 2.45) is 0 Å². The minimum atomic E-state index is -0.367. The van der Waals surface area contributed by atoms with E-state index in [1.807, 2.05) is 0 Å². The summed E-state index contributed by atoms with van der Waals surface area (Å²) in [7, 11) is 1.35. The molecule has 0 aromatic carbocycles. The van der Waals surface area contributed by atoms with Crippen molar-refractivity contribution in [3.8, 4) is 0 Å². The Balaban J connectivity index is 2.29. The molecule has 13 heavy (non-hydrogen) atoms. The highest BCUT2D eigenvalue weighted by atomic mass is 16.6. The van der Waals surface area contributed by atoms with Gasteiger partial charge in [-0.2, -0.15) is 0 Å². The van der Waals surface area contributed by atoms with Crippen LogP contribution in [0.2, 0.25) is 0 Å². The molecule has 1 atom stereocenters. The Kier molecular flexibility index (Phi) is 1.84. The first-order valence-corrected chi connectivity index (χ1v) is 4.02. The van der Waals surface area contributed by atoms with E-state index in [1.54, 1.807) is 13.0 Å². The van der Waals surface area contributed by atoms with Crippen LogP contribution in [-0.2, 0) is 9.47 Å². The maximum absolute atomic E-state index is 11.2. The molecular weight excluding hydrogens is 172 g/mol. The van der Waals surface area contributed by atoms with Crippen LogP contribution in [0.25, 0.3) is 0 Å². The third-order valence-electron chi connectivity index (χ3n) is 1.99. The summed E-state index contributed by atoms with van der Waals surface area (Å²) in [6.45, 7) is 2.41. The van der Waals surface area contributed by atoms with Gasteiger partial charge in [-0.15, -0.1) is 0 Å². The van der Waals surface area contributed by atoms with Crippen molar-refractivity contribution >= 4 is 5.97 Å². The molecule has 0 N–H and O–H groups in total. The molecule has 0 radical (unpaired) electrons. The molecule has 1 aliphatic rings. The second-order valence-electron chi connectivity index (χ2n) is 2.93. The number of hydrogen-bond acceptors (Lipinski definition) is 4. The van der Waals surface area contributed by atoms with Crippen molar-refractivity contribution in [2.45, 2.75) is 13.0 Å². The van der Waals surface area contributed by atoms with Crippen LogP contribution in [0.3, 0.4) is 0 Å². The van der Waals surface area contributed by atoms with E-state index in [1.165, 1.54) is 7.11 Å². The average molecular weight is 182 g/mol. The van der Waals surface area contributed by atoms with Gasteiger partial charge in [-0.05, 0) is 13.0 Å². The van der Waals surface area contributed by atoms with Crippen molar-refractivity contribution in [1.29, 1.82) is 0 Å². The molecule has 1 fully saturated rings. The highest BCUT2D eigenvalue weighted by Gasteiger charge is 2.30. The van der Waals surface area contributed by atoms with Crippen LogP contribution in [0.4, 0.5) is 0 Å². The zero-order valence-electron chi connectivity index (χ0n) is 7.49. The molecule has 0 amide bonds. The van der Waals surface area contributed by atoms with Gasteiger partial charge in [0.05, 0.1) is 13.7 Å². The van der Waals surface area contributed by atoms with Gasteiger partial charge >= 0.3 is 5.97 Å². The average Bonchev–Trinajstić information content (AvgIpc) is 2.89. The Morgan fingerprint density at radius 3 is 2.92 bits per heavy atom. The molecule has 0 spiro atoms. The highest BCUT2D eigenvalue weighted by molar-refractivity contribution is 5.90. The van der Waals surface area contributed by atoms with Crippen LogP contribution in [0.15, 0.2) is 10.5 Å². The molecule has 2 heterocycles. The number of methoxy groups -OCH3 is 1. The fourth-order valence-electron chi connectivity index (χ4n) is 1.19. The molecule has 1 aromatic heterocycles. The number of furan rings is 1. The first-order valence-electron chi connectivity index (χ1n) is 4.02. The molecule has 1 aliphatic heterocycles. The van der Waals surface area contributed by atoms with Crippen LogP contribution in [0, 0.1) is 6.92 Å². The van der Waals surface area contributed by atoms with Gasteiger partial charge in [0, 0.05) is 0 Å². The summed E-state index contributed by atoms with van der Waals surface area (Å²) < 4.78 is 15.0. The van der Waals surface area contributed by atoms with Gasteiger partial charge < -0.3 is 13.9 Å². The lowest BCUT2D eigenvalue weighted by Crippen LogP contribution is -2.00. The first-order chi connectivity index (χ1) is 6.22. The standard InChI is InChI=1S/C9H10O4/c1-5-6(9(10)11-2)3-7(13-5)8-4-12-8/h3,8H,4H2,1-2H3. The lowest BCUT2D eigenvalue weighted by molar-refractivity contribution is 0.0599. The second-order valence-corrected chi connectivity index (χ2v) is 2.93. The van der Waals surface area contributed by atoms with Crippen molar-refractivity contribution in [3.05, 3.63) is 23.2 Å². The fraction of sp³-hybridized carbons (Fsp3) is 0.444. The summed E-state index contributed by atoms with van der Waals surface area (Å²) in [6.07, 6.45) is 0.0390. The van der Waals surface area contributed by atoms with E-state index in [2.05, 4.69) is 4.74 Å². The molecule has 1 unspecified atom stereocenters. The Morgan fingerprint density at radius 2 is 2.38 bits per heavy atom. The van der Waals surface area contributed by atoms with Crippen LogP contribution >= 0.6 is 0 Å². The number of epoxide rings is 1. The molecule has 2 rings (SSSR count). The van der Waals surface area contributed by atoms with Crippen LogP contribution in [0.1, 0.15) is 28.0 Å². The minimum Gasteiger partial charge on any atom is -0.465 e. The quantitative estimate of drug-likeness (QED) is 0.513. The molecule has 4 heteroatoms. The van der Waals surface area contributed by atoms with Crippen molar-refractivity contribution in [1.82, 2.24) is 0 Å². The Morgan fingerprint density at radius 1 is 1.69 bits per heavy atom. The van der Waals surface area contributed by atoms with E-state index >= 15 is 0 Å². The number of rotatable bonds is 2. The van der Waals surface area contributed by atoms with Crippen LogP contribution < -0.4 is 0 Å². The predicted molar refractivity (Wildman–Crippen MR) is 43.5 cm³/mol. The van der Waals surface area contributed by atoms with E-state index in [4.69, 9.17) is 9.15 Å². The lowest BCUT2D eigenvalue weighted by atomic mass is 10.2. The third-order valence-corrected chi connectivity index (χ3v) is 1.99. The molecule has 4 nitrogen and oxygen atoms in total. The molecule has 0 saturated carbocycles. The van der Waals surface area contributed by atoms with E-state index in [9.17, 15) is 4.79 Å². The van der Waals surface area contributed by atoms with Crippen molar-refractivity contribution in [3.63, 3.8) is 0 Å². The Bertz CT molecular complexity index is 335. The smallest absolute Gasteiger partial charge is 0.341 e. The van der Waals surface area contributed by atoms with Gasteiger partial charge in [0.2, 0.25) is 0 Å². The van der Waals surface area contributed by atoms with Crippen molar-refractivity contribution < 1.29 is 18.7 Å². The third kappa shape index (κ3) is 1.45. The van der Waals surface area contributed by atoms with Crippen LogP contribution in [0.5, 0.6) is 0 Å². The van der Waals surface area contributed by atoms with Gasteiger partial charge in [-0.25, -0.2) is 4.79 Å². The largest absolute Gasteiger partial charge is 0.465 e. The zero-order valence-corrected chi connectivity index (χ0v) is 7.49.